The number of rotatable bonds is 6. The summed E-state index contributed by atoms with van der Waals surface area (Å²) >= 11 is 0. The molecule has 0 spiro atoms. The van der Waals surface area contributed by atoms with Gasteiger partial charge in [-0.2, -0.15) is 13.2 Å². The number of fused-ring (bicyclic) bond motifs is 1. The highest BCUT2D eigenvalue weighted by atomic mass is 19.4. The molecule has 186 valence electrons. The molecule has 11 heteroatoms. The Kier molecular flexibility index (Phi) is 6.23. The molecule has 0 bridgehead atoms. The van der Waals surface area contributed by atoms with Crippen molar-refractivity contribution in [2.24, 2.45) is 13.0 Å². The van der Waals surface area contributed by atoms with Crippen LogP contribution in [-0.4, -0.2) is 33.5 Å². The molecule has 0 radical (unpaired) electrons. The molecule has 1 amide bonds. The average molecular weight is 496 g/mol. The highest BCUT2D eigenvalue weighted by molar-refractivity contribution is 5.92. The SMILES string of the molecule is Cn1c(Nc2ccc(C(F)(F)F)cc2)nc2cc(Oc3ccnc(NC(=O)C4CCNC4)c3)ccc21. The van der Waals surface area contributed by atoms with Gasteiger partial charge in [-0.05, 0) is 55.4 Å². The molecule has 1 fully saturated rings. The van der Waals surface area contributed by atoms with Gasteiger partial charge in [-0.3, -0.25) is 4.79 Å². The minimum Gasteiger partial charge on any atom is -0.457 e. The lowest BCUT2D eigenvalue weighted by Crippen LogP contribution is -2.25. The number of aromatic nitrogens is 3. The molecule has 2 aromatic carbocycles. The summed E-state index contributed by atoms with van der Waals surface area (Å²) in [6.07, 6.45) is -2.04. The third-order valence-electron chi connectivity index (χ3n) is 5.97. The van der Waals surface area contributed by atoms with Crippen LogP contribution in [0.1, 0.15) is 12.0 Å². The van der Waals surface area contributed by atoms with E-state index < -0.39 is 11.7 Å². The molecule has 36 heavy (non-hydrogen) atoms. The quantitative estimate of drug-likeness (QED) is 0.345. The van der Waals surface area contributed by atoms with Crippen LogP contribution in [-0.2, 0) is 18.0 Å². The molecule has 1 aliphatic rings. The van der Waals surface area contributed by atoms with Gasteiger partial charge in [-0.15, -0.1) is 0 Å². The van der Waals surface area contributed by atoms with Crippen molar-refractivity contribution >= 4 is 34.4 Å². The van der Waals surface area contributed by atoms with E-state index in [4.69, 9.17) is 4.74 Å². The average Bonchev–Trinajstić information content (AvgIpc) is 3.48. The smallest absolute Gasteiger partial charge is 0.416 e. The zero-order valence-electron chi connectivity index (χ0n) is 19.3. The molecular weight excluding hydrogens is 473 g/mol. The Balaban J connectivity index is 1.30. The van der Waals surface area contributed by atoms with Crippen molar-refractivity contribution in [3.8, 4) is 11.5 Å². The van der Waals surface area contributed by atoms with Crippen LogP contribution in [0.5, 0.6) is 11.5 Å². The number of halogens is 3. The maximum absolute atomic E-state index is 12.8. The van der Waals surface area contributed by atoms with E-state index in [0.29, 0.717) is 41.0 Å². The zero-order chi connectivity index (χ0) is 25.3. The number of aryl methyl sites for hydroxylation is 1. The number of ether oxygens (including phenoxy) is 1. The van der Waals surface area contributed by atoms with Crippen molar-refractivity contribution in [2.75, 3.05) is 23.7 Å². The van der Waals surface area contributed by atoms with Crippen molar-refractivity contribution in [3.05, 3.63) is 66.4 Å². The van der Waals surface area contributed by atoms with E-state index in [0.717, 1.165) is 30.6 Å². The Morgan fingerprint density at radius 2 is 1.89 bits per heavy atom. The van der Waals surface area contributed by atoms with Crippen LogP contribution in [0.15, 0.2) is 60.8 Å². The molecule has 1 aliphatic heterocycles. The van der Waals surface area contributed by atoms with Crippen LogP contribution in [0.2, 0.25) is 0 Å². The fraction of sp³-hybridized carbons (Fsp3) is 0.240. The summed E-state index contributed by atoms with van der Waals surface area (Å²) in [6.45, 7) is 1.48. The number of alkyl halides is 3. The van der Waals surface area contributed by atoms with E-state index in [-0.39, 0.29) is 11.8 Å². The van der Waals surface area contributed by atoms with Crippen LogP contribution >= 0.6 is 0 Å². The summed E-state index contributed by atoms with van der Waals surface area (Å²) in [5.74, 6) is 1.76. The number of nitrogens with one attached hydrogen (secondary N) is 3. The first-order valence-corrected chi connectivity index (χ1v) is 11.3. The van der Waals surface area contributed by atoms with Crippen LogP contribution in [0.4, 0.5) is 30.6 Å². The molecule has 4 aromatic rings. The number of anilines is 3. The number of imidazole rings is 1. The number of pyridine rings is 1. The first-order valence-electron chi connectivity index (χ1n) is 11.3. The van der Waals surface area contributed by atoms with Gasteiger partial charge < -0.3 is 25.3 Å². The molecule has 8 nitrogen and oxygen atoms in total. The second-order valence-electron chi connectivity index (χ2n) is 8.50. The maximum Gasteiger partial charge on any atom is 0.416 e. The molecule has 5 rings (SSSR count). The van der Waals surface area contributed by atoms with E-state index >= 15 is 0 Å². The summed E-state index contributed by atoms with van der Waals surface area (Å²) in [5.41, 5.74) is 1.22. The summed E-state index contributed by atoms with van der Waals surface area (Å²) in [5, 5.41) is 9.04. The fourth-order valence-corrected chi connectivity index (χ4v) is 4.01. The zero-order valence-corrected chi connectivity index (χ0v) is 19.3. The van der Waals surface area contributed by atoms with Gasteiger partial charge in [-0.25, -0.2) is 9.97 Å². The van der Waals surface area contributed by atoms with E-state index in [1.165, 1.54) is 12.1 Å². The van der Waals surface area contributed by atoms with Gasteiger partial charge in [-0.1, -0.05) is 0 Å². The normalized spacial score (nSPS) is 15.7. The molecule has 1 saturated heterocycles. The summed E-state index contributed by atoms with van der Waals surface area (Å²) < 4.78 is 46.2. The second kappa shape index (κ2) is 9.50. The van der Waals surface area contributed by atoms with Crippen molar-refractivity contribution in [1.82, 2.24) is 19.9 Å². The van der Waals surface area contributed by atoms with Crippen molar-refractivity contribution in [2.45, 2.75) is 12.6 Å². The molecule has 1 unspecified atom stereocenters. The second-order valence-corrected chi connectivity index (χ2v) is 8.50. The van der Waals surface area contributed by atoms with E-state index in [1.54, 1.807) is 42.1 Å². The predicted molar refractivity (Wildman–Crippen MR) is 129 cm³/mol. The van der Waals surface area contributed by atoms with Gasteiger partial charge in [0.05, 0.1) is 22.5 Å². The largest absolute Gasteiger partial charge is 0.457 e. The van der Waals surface area contributed by atoms with E-state index in [9.17, 15) is 18.0 Å². The highest BCUT2D eigenvalue weighted by Gasteiger charge is 2.30. The van der Waals surface area contributed by atoms with Crippen LogP contribution in [0.25, 0.3) is 11.0 Å². The van der Waals surface area contributed by atoms with Gasteiger partial charge in [0.25, 0.3) is 0 Å². The number of hydrogen-bond donors (Lipinski definition) is 3. The Hall–Kier alpha value is -4.12. The molecule has 3 heterocycles. The van der Waals surface area contributed by atoms with Crippen molar-refractivity contribution in [1.29, 1.82) is 0 Å². The van der Waals surface area contributed by atoms with Crippen LogP contribution < -0.4 is 20.7 Å². The number of benzene rings is 2. The lowest BCUT2D eigenvalue weighted by atomic mass is 10.1. The van der Waals surface area contributed by atoms with Gasteiger partial charge in [0.2, 0.25) is 11.9 Å². The van der Waals surface area contributed by atoms with E-state index in [2.05, 4.69) is 25.9 Å². The van der Waals surface area contributed by atoms with Gasteiger partial charge in [0.15, 0.2) is 0 Å². The van der Waals surface area contributed by atoms with Crippen LogP contribution in [0, 0.1) is 5.92 Å². The third kappa shape index (κ3) is 5.10. The van der Waals surface area contributed by atoms with Crippen molar-refractivity contribution in [3.63, 3.8) is 0 Å². The summed E-state index contributed by atoms with van der Waals surface area (Å²) in [6, 6.07) is 13.5. The molecule has 0 aliphatic carbocycles. The van der Waals surface area contributed by atoms with Gasteiger partial charge in [0, 0.05) is 37.6 Å². The lowest BCUT2D eigenvalue weighted by molar-refractivity contribution is -0.137. The van der Waals surface area contributed by atoms with E-state index in [1.807, 2.05) is 6.07 Å². The standard InChI is InChI=1S/C25H23F3N6O2/c1-34-21-7-6-18(36-19-9-11-30-22(13-19)33-23(35)15-8-10-29-14-15)12-20(21)32-24(34)31-17-4-2-16(3-5-17)25(26,27)28/h2-7,9,11-13,15,29H,8,10,14H2,1H3,(H,31,32)(H,30,33,35). The highest BCUT2D eigenvalue weighted by Crippen LogP contribution is 2.31. The Bertz CT molecular complexity index is 1400. The summed E-state index contributed by atoms with van der Waals surface area (Å²) in [7, 11) is 1.81. The number of carbonyl (C=O) groups is 1. The number of carbonyl (C=O) groups excluding carboxylic acids is 1. The minimum absolute atomic E-state index is 0.0756. The molecule has 2 aromatic heterocycles. The van der Waals surface area contributed by atoms with Crippen LogP contribution in [0.3, 0.4) is 0 Å². The Morgan fingerprint density at radius 3 is 2.61 bits per heavy atom. The number of nitrogens with zero attached hydrogens (tertiary/aromatic N) is 3. The fourth-order valence-electron chi connectivity index (χ4n) is 4.01. The van der Waals surface area contributed by atoms with Crippen molar-refractivity contribution < 1.29 is 22.7 Å². The maximum atomic E-state index is 12.8. The molecule has 1 atom stereocenters. The minimum atomic E-state index is -4.39. The topological polar surface area (TPSA) is 93.1 Å². The molecular formula is C25H23F3N6O2. The molecule has 3 N–H and O–H groups in total. The predicted octanol–water partition coefficient (Wildman–Crippen LogP) is 5.07. The third-order valence-corrected chi connectivity index (χ3v) is 5.97. The lowest BCUT2D eigenvalue weighted by Gasteiger charge is -2.11. The first-order chi connectivity index (χ1) is 17.3. The Morgan fingerprint density at radius 1 is 1.11 bits per heavy atom. The Labute approximate surface area is 204 Å². The number of amides is 1. The van der Waals surface area contributed by atoms with Gasteiger partial charge in [0.1, 0.15) is 17.3 Å². The molecule has 0 saturated carbocycles. The van der Waals surface area contributed by atoms with Gasteiger partial charge >= 0.3 is 6.18 Å². The summed E-state index contributed by atoms with van der Waals surface area (Å²) in [4.78, 5) is 21.1. The number of hydrogen-bond acceptors (Lipinski definition) is 6. The monoisotopic (exact) mass is 496 g/mol. The first kappa shape index (κ1) is 23.6.